The number of carbonyl (C=O) groups is 1. The number of ether oxygens (including phenoxy) is 1. The summed E-state index contributed by atoms with van der Waals surface area (Å²) in [4.78, 5) is 16.9. The molecule has 1 aliphatic rings. The number of para-hydroxylation sites is 1. The van der Waals surface area contributed by atoms with Crippen LogP contribution in [0.5, 0.6) is 5.75 Å². The van der Waals surface area contributed by atoms with E-state index in [2.05, 4.69) is 10.3 Å². The van der Waals surface area contributed by atoms with Crippen LogP contribution in [0.3, 0.4) is 0 Å². The van der Waals surface area contributed by atoms with Crippen molar-refractivity contribution in [1.82, 2.24) is 10.3 Å². The number of methoxy groups -OCH3 is 1. The van der Waals surface area contributed by atoms with E-state index < -0.39 is 5.60 Å². The predicted molar refractivity (Wildman–Crippen MR) is 102 cm³/mol. The molecule has 0 fully saturated rings. The number of rotatable bonds is 4. The molecule has 0 unspecified atom stereocenters. The molecule has 2 aromatic carbocycles. The van der Waals surface area contributed by atoms with Gasteiger partial charge in [0.05, 0.1) is 23.9 Å². The highest BCUT2D eigenvalue weighted by atomic mass is 32.1. The molecule has 1 heterocycles. The average molecular weight is 368 g/mol. The van der Waals surface area contributed by atoms with Crippen molar-refractivity contribution in [3.63, 3.8) is 0 Å². The Balaban J connectivity index is 1.53. The molecule has 1 aliphatic carbocycles. The Morgan fingerprint density at radius 2 is 2.19 bits per heavy atom. The minimum Gasteiger partial charge on any atom is -0.497 e. The summed E-state index contributed by atoms with van der Waals surface area (Å²) < 4.78 is 6.25. The molecule has 0 saturated carbocycles. The van der Waals surface area contributed by atoms with E-state index in [4.69, 9.17) is 4.74 Å². The molecule has 4 rings (SSSR count). The Labute approximate surface area is 155 Å². The van der Waals surface area contributed by atoms with Crippen LogP contribution in [0.1, 0.15) is 33.8 Å². The normalized spacial score (nSPS) is 19.2. The topological polar surface area (TPSA) is 71.5 Å². The van der Waals surface area contributed by atoms with Crippen LogP contribution in [0.15, 0.2) is 42.5 Å². The number of benzene rings is 2. The molecule has 1 aromatic heterocycles. The lowest BCUT2D eigenvalue weighted by molar-refractivity contribution is 0.0189. The molecule has 26 heavy (non-hydrogen) atoms. The number of carbonyl (C=O) groups excluding carboxylic acids is 1. The third-order valence-electron chi connectivity index (χ3n) is 4.88. The Kier molecular flexibility index (Phi) is 4.38. The van der Waals surface area contributed by atoms with E-state index >= 15 is 0 Å². The van der Waals surface area contributed by atoms with Crippen LogP contribution < -0.4 is 10.1 Å². The van der Waals surface area contributed by atoms with Crippen LogP contribution in [0.25, 0.3) is 10.2 Å². The van der Waals surface area contributed by atoms with Gasteiger partial charge >= 0.3 is 0 Å². The molecule has 0 radical (unpaired) electrons. The van der Waals surface area contributed by atoms with Gasteiger partial charge in [-0.15, -0.1) is 11.3 Å². The SMILES string of the molecule is COc1ccc2c(c1)CCC[C@@]2(O)CNC(=O)c1nc2ccccc2s1. The zero-order valence-electron chi connectivity index (χ0n) is 14.5. The van der Waals surface area contributed by atoms with Gasteiger partial charge < -0.3 is 15.2 Å². The Hall–Kier alpha value is -2.44. The van der Waals surface area contributed by atoms with Gasteiger partial charge in [-0.3, -0.25) is 4.79 Å². The minimum atomic E-state index is -1.06. The van der Waals surface area contributed by atoms with Crippen LogP contribution in [0.4, 0.5) is 0 Å². The summed E-state index contributed by atoms with van der Waals surface area (Å²) in [5, 5.41) is 14.4. The molecule has 0 spiro atoms. The van der Waals surface area contributed by atoms with Gasteiger partial charge in [0.1, 0.15) is 11.4 Å². The first-order valence-corrected chi connectivity index (χ1v) is 9.44. The van der Waals surface area contributed by atoms with Crippen LogP contribution in [-0.2, 0) is 12.0 Å². The van der Waals surface area contributed by atoms with E-state index in [1.54, 1.807) is 7.11 Å². The maximum Gasteiger partial charge on any atom is 0.280 e. The van der Waals surface area contributed by atoms with E-state index in [0.29, 0.717) is 11.4 Å². The Bertz CT molecular complexity index is 936. The molecular formula is C20H20N2O3S. The van der Waals surface area contributed by atoms with Crippen molar-refractivity contribution in [1.29, 1.82) is 0 Å². The van der Waals surface area contributed by atoms with Crippen molar-refractivity contribution in [2.75, 3.05) is 13.7 Å². The first-order chi connectivity index (χ1) is 12.6. The Morgan fingerprint density at radius 3 is 3.00 bits per heavy atom. The number of hydrogen-bond acceptors (Lipinski definition) is 5. The number of fused-ring (bicyclic) bond motifs is 2. The fourth-order valence-corrected chi connectivity index (χ4v) is 4.40. The summed E-state index contributed by atoms with van der Waals surface area (Å²) in [6.45, 7) is 0.168. The third kappa shape index (κ3) is 3.06. The predicted octanol–water partition coefficient (Wildman–Crippen LogP) is 3.26. The van der Waals surface area contributed by atoms with Crippen molar-refractivity contribution in [3.8, 4) is 5.75 Å². The summed E-state index contributed by atoms with van der Waals surface area (Å²) in [7, 11) is 1.63. The summed E-state index contributed by atoms with van der Waals surface area (Å²) in [5.74, 6) is 0.534. The van der Waals surface area contributed by atoms with Crippen LogP contribution >= 0.6 is 11.3 Å². The van der Waals surface area contributed by atoms with Gasteiger partial charge in [0.25, 0.3) is 5.91 Å². The molecule has 0 bridgehead atoms. The molecule has 1 amide bonds. The highest BCUT2D eigenvalue weighted by Gasteiger charge is 2.35. The van der Waals surface area contributed by atoms with Gasteiger partial charge in [0, 0.05) is 0 Å². The van der Waals surface area contributed by atoms with Gasteiger partial charge in [-0.25, -0.2) is 4.98 Å². The fourth-order valence-electron chi connectivity index (χ4n) is 3.52. The van der Waals surface area contributed by atoms with Crippen molar-refractivity contribution < 1.29 is 14.6 Å². The van der Waals surface area contributed by atoms with Crippen molar-refractivity contribution >= 4 is 27.5 Å². The number of nitrogens with one attached hydrogen (secondary N) is 1. The summed E-state index contributed by atoms with van der Waals surface area (Å²) in [5.41, 5.74) is 1.70. The number of aromatic nitrogens is 1. The number of aliphatic hydroxyl groups is 1. The van der Waals surface area contributed by atoms with E-state index in [-0.39, 0.29) is 12.5 Å². The fraction of sp³-hybridized carbons (Fsp3) is 0.300. The molecular weight excluding hydrogens is 348 g/mol. The van der Waals surface area contributed by atoms with Crippen molar-refractivity contribution in [2.24, 2.45) is 0 Å². The molecule has 3 aromatic rings. The molecule has 1 atom stereocenters. The largest absolute Gasteiger partial charge is 0.497 e. The summed E-state index contributed by atoms with van der Waals surface area (Å²) in [6, 6.07) is 13.4. The zero-order valence-corrected chi connectivity index (χ0v) is 15.3. The maximum atomic E-state index is 12.5. The number of hydrogen-bond donors (Lipinski definition) is 2. The van der Waals surface area contributed by atoms with E-state index in [0.717, 1.165) is 39.9 Å². The van der Waals surface area contributed by atoms with Crippen LogP contribution in [-0.4, -0.2) is 29.7 Å². The van der Waals surface area contributed by atoms with Crippen molar-refractivity contribution in [2.45, 2.75) is 24.9 Å². The molecule has 0 aliphatic heterocycles. The second-order valence-electron chi connectivity index (χ2n) is 6.58. The van der Waals surface area contributed by atoms with Crippen LogP contribution in [0, 0.1) is 0 Å². The molecule has 5 nitrogen and oxygen atoms in total. The average Bonchev–Trinajstić information content (AvgIpc) is 3.10. The molecule has 0 saturated heterocycles. The van der Waals surface area contributed by atoms with Gasteiger partial charge in [-0.2, -0.15) is 0 Å². The number of nitrogens with zero attached hydrogens (tertiary/aromatic N) is 1. The standard InChI is InChI=1S/C20H20N2O3S/c1-25-14-8-9-15-13(11-14)5-4-10-20(15,24)12-21-18(23)19-22-16-6-2-3-7-17(16)26-19/h2-3,6-9,11,24H,4-5,10,12H2,1H3,(H,21,23)/t20-/m1/s1. The summed E-state index contributed by atoms with van der Waals surface area (Å²) in [6.07, 6.45) is 2.39. The lowest BCUT2D eigenvalue weighted by atomic mass is 9.79. The van der Waals surface area contributed by atoms with Gasteiger partial charge in [0.2, 0.25) is 0 Å². The third-order valence-corrected chi connectivity index (χ3v) is 5.91. The monoisotopic (exact) mass is 368 g/mol. The number of amides is 1. The molecule has 6 heteroatoms. The van der Waals surface area contributed by atoms with Crippen LogP contribution in [0.2, 0.25) is 0 Å². The van der Waals surface area contributed by atoms with Gasteiger partial charge in [0.15, 0.2) is 5.01 Å². The molecule has 134 valence electrons. The quantitative estimate of drug-likeness (QED) is 0.741. The first kappa shape index (κ1) is 17.0. The number of aryl methyl sites for hydroxylation is 1. The second-order valence-corrected chi connectivity index (χ2v) is 7.61. The lowest BCUT2D eigenvalue weighted by Gasteiger charge is -2.34. The second kappa shape index (κ2) is 6.70. The van der Waals surface area contributed by atoms with Gasteiger partial charge in [-0.05, 0) is 54.7 Å². The van der Waals surface area contributed by atoms with Gasteiger partial charge in [-0.1, -0.05) is 18.2 Å². The molecule has 2 N–H and O–H groups in total. The van der Waals surface area contributed by atoms with E-state index in [1.807, 2.05) is 42.5 Å². The van der Waals surface area contributed by atoms with Crippen molar-refractivity contribution in [3.05, 3.63) is 58.6 Å². The van der Waals surface area contributed by atoms with E-state index in [1.165, 1.54) is 11.3 Å². The Morgan fingerprint density at radius 1 is 1.35 bits per heavy atom. The highest BCUT2D eigenvalue weighted by molar-refractivity contribution is 7.20. The number of thiazole rings is 1. The summed E-state index contributed by atoms with van der Waals surface area (Å²) >= 11 is 1.36. The smallest absolute Gasteiger partial charge is 0.280 e. The highest BCUT2D eigenvalue weighted by Crippen LogP contribution is 2.36. The minimum absolute atomic E-state index is 0.168. The lowest BCUT2D eigenvalue weighted by Crippen LogP contribution is -2.43. The zero-order chi connectivity index (χ0) is 18.1. The first-order valence-electron chi connectivity index (χ1n) is 8.63. The maximum absolute atomic E-state index is 12.5. The van der Waals surface area contributed by atoms with E-state index in [9.17, 15) is 9.90 Å².